The lowest BCUT2D eigenvalue weighted by Gasteiger charge is -2.25. The SMILES string of the molecule is c1ccc(Nc2c(-c3ccccc3)cccc2P(c2ccccc2)c2ccccc2)cc1. The third kappa shape index (κ3) is 4.35. The van der Waals surface area contributed by atoms with Crippen molar-refractivity contribution in [2.75, 3.05) is 5.32 Å². The zero-order chi connectivity index (χ0) is 21.6. The molecule has 1 nitrogen and oxygen atoms in total. The second-order valence-corrected chi connectivity index (χ2v) is 9.75. The van der Waals surface area contributed by atoms with Crippen LogP contribution >= 0.6 is 7.92 Å². The van der Waals surface area contributed by atoms with E-state index in [1.807, 2.05) is 0 Å². The molecule has 0 aliphatic rings. The minimum Gasteiger partial charge on any atom is -0.354 e. The normalized spacial score (nSPS) is 10.8. The van der Waals surface area contributed by atoms with Crippen molar-refractivity contribution >= 4 is 35.2 Å². The van der Waals surface area contributed by atoms with Gasteiger partial charge in [0.25, 0.3) is 0 Å². The van der Waals surface area contributed by atoms with Gasteiger partial charge in [0, 0.05) is 16.6 Å². The molecule has 0 saturated heterocycles. The fraction of sp³-hybridized carbons (Fsp3) is 0. The molecule has 2 heteroatoms. The molecule has 1 N–H and O–H groups in total. The van der Waals surface area contributed by atoms with Gasteiger partial charge in [0.1, 0.15) is 0 Å². The third-order valence-electron chi connectivity index (χ3n) is 5.44. The van der Waals surface area contributed by atoms with E-state index in [0.717, 1.165) is 5.69 Å². The fourth-order valence-corrected chi connectivity index (χ4v) is 6.39. The summed E-state index contributed by atoms with van der Waals surface area (Å²) in [5.74, 6) is 0. The van der Waals surface area contributed by atoms with Crippen molar-refractivity contribution in [2.45, 2.75) is 0 Å². The molecule has 154 valence electrons. The Morgan fingerprint density at radius 1 is 0.438 bits per heavy atom. The van der Waals surface area contributed by atoms with Crippen LogP contribution in [0.15, 0.2) is 140 Å². The van der Waals surface area contributed by atoms with Crippen molar-refractivity contribution in [2.24, 2.45) is 0 Å². The summed E-state index contributed by atoms with van der Waals surface area (Å²) in [7, 11) is -0.732. The number of benzene rings is 5. The van der Waals surface area contributed by atoms with Crippen LogP contribution < -0.4 is 21.2 Å². The van der Waals surface area contributed by atoms with Crippen LogP contribution in [-0.4, -0.2) is 0 Å². The van der Waals surface area contributed by atoms with E-state index in [4.69, 9.17) is 0 Å². The van der Waals surface area contributed by atoms with E-state index < -0.39 is 7.92 Å². The first-order valence-electron chi connectivity index (χ1n) is 10.8. The standard InChI is InChI=1S/C30H24NP/c1-5-14-24(15-6-1)28-22-13-23-29(30(28)31-25-16-7-2-8-17-25)32(26-18-9-3-10-19-26)27-20-11-4-12-21-27/h1-23,31H. The van der Waals surface area contributed by atoms with Crippen LogP contribution in [0.1, 0.15) is 0 Å². The molecule has 5 rings (SSSR count). The maximum absolute atomic E-state index is 3.78. The number of anilines is 2. The molecular formula is C30H24NP. The molecule has 0 fully saturated rings. The molecule has 0 amide bonds. The van der Waals surface area contributed by atoms with Gasteiger partial charge in [-0.25, -0.2) is 0 Å². The van der Waals surface area contributed by atoms with E-state index in [9.17, 15) is 0 Å². The van der Waals surface area contributed by atoms with Crippen molar-refractivity contribution in [1.29, 1.82) is 0 Å². The summed E-state index contributed by atoms with van der Waals surface area (Å²) in [6.45, 7) is 0. The van der Waals surface area contributed by atoms with Gasteiger partial charge in [-0.2, -0.15) is 0 Å². The Hall–Kier alpha value is -3.67. The Morgan fingerprint density at radius 3 is 1.50 bits per heavy atom. The maximum atomic E-state index is 3.78. The van der Waals surface area contributed by atoms with Crippen LogP contribution in [-0.2, 0) is 0 Å². The van der Waals surface area contributed by atoms with E-state index in [0.29, 0.717) is 0 Å². The maximum Gasteiger partial charge on any atom is 0.0548 e. The van der Waals surface area contributed by atoms with Gasteiger partial charge >= 0.3 is 0 Å². The molecule has 0 aromatic heterocycles. The lowest BCUT2D eigenvalue weighted by atomic mass is 10.0. The van der Waals surface area contributed by atoms with Crippen LogP contribution in [0.2, 0.25) is 0 Å². The first-order valence-corrected chi connectivity index (χ1v) is 12.1. The van der Waals surface area contributed by atoms with E-state index >= 15 is 0 Å². The van der Waals surface area contributed by atoms with Gasteiger partial charge in [-0.1, -0.05) is 127 Å². The van der Waals surface area contributed by atoms with Crippen molar-refractivity contribution in [1.82, 2.24) is 0 Å². The quantitative estimate of drug-likeness (QED) is 0.291. The van der Waals surface area contributed by atoms with Crippen LogP contribution in [0.3, 0.4) is 0 Å². The molecule has 0 spiro atoms. The predicted molar refractivity (Wildman–Crippen MR) is 140 cm³/mol. The smallest absolute Gasteiger partial charge is 0.0548 e. The summed E-state index contributed by atoms with van der Waals surface area (Å²) in [5, 5.41) is 7.78. The fourth-order valence-electron chi connectivity index (χ4n) is 3.96. The first kappa shape index (κ1) is 20.2. The zero-order valence-corrected chi connectivity index (χ0v) is 18.6. The van der Waals surface area contributed by atoms with Crippen molar-refractivity contribution in [3.8, 4) is 11.1 Å². The number of rotatable bonds is 6. The zero-order valence-electron chi connectivity index (χ0n) is 17.7. The second kappa shape index (κ2) is 9.64. The van der Waals surface area contributed by atoms with Crippen molar-refractivity contribution < 1.29 is 0 Å². The van der Waals surface area contributed by atoms with E-state index in [1.165, 1.54) is 32.7 Å². The third-order valence-corrected chi connectivity index (χ3v) is 7.92. The van der Waals surface area contributed by atoms with E-state index in [2.05, 4.69) is 145 Å². The average molecular weight is 430 g/mol. The second-order valence-electron chi connectivity index (χ2n) is 7.56. The molecule has 32 heavy (non-hydrogen) atoms. The lowest BCUT2D eigenvalue weighted by Crippen LogP contribution is -2.23. The number of hydrogen-bond donors (Lipinski definition) is 1. The molecule has 0 aliphatic carbocycles. The molecule has 5 aromatic rings. The van der Waals surface area contributed by atoms with Crippen molar-refractivity contribution in [3.05, 3.63) is 140 Å². The molecule has 0 aliphatic heterocycles. The molecule has 0 unspecified atom stereocenters. The molecule has 0 saturated carbocycles. The molecule has 0 atom stereocenters. The predicted octanol–water partition coefficient (Wildman–Crippen LogP) is 6.86. The Kier molecular flexibility index (Phi) is 6.10. The molecule has 0 heterocycles. The minimum atomic E-state index is -0.732. The summed E-state index contributed by atoms with van der Waals surface area (Å²) < 4.78 is 0. The molecule has 0 radical (unpaired) electrons. The summed E-state index contributed by atoms with van der Waals surface area (Å²) >= 11 is 0. The first-order chi connectivity index (χ1) is 15.9. The van der Waals surface area contributed by atoms with Crippen LogP contribution in [0.5, 0.6) is 0 Å². The van der Waals surface area contributed by atoms with Crippen LogP contribution in [0.4, 0.5) is 11.4 Å². The Morgan fingerprint density at radius 2 is 0.938 bits per heavy atom. The average Bonchev–Trinajstić information content (AvgIpc) is 2.87. The van der Waals surface area contributed by atoms with Gasteiger partial charge in [-0.3, -0.25) is 0 Å². The van der Waals surface area contributed by atoms with Gasteiger partial charge in [0.05, 0.1) is 5.69 Å². The largest absolute Gasteiger partial charge is 0.354 e. The highest BCUT2D eigenvalue weighted by Crippen LogP contribution is 2.40. The van der Waals surface area contributed by atoms with Gasteiger partial charge in [-0.05, 0) is 36.2 Å². The Labute approximate surface area is 191 Å². The van der Waals surface area contributed by atoms with E-state index in [1.54, 1.807) is 0 Å². The number of nitrogens with one attached hydrogen (secondary N) is 1. The van der Waals surface area contributed by atoms with Gasteiger partial charge < -0.3 is 5.32 Å². The van der Waals surface area contributed by atoms with Gasteiger partial charge in [-0.15, -0.1) is 0 Å². The number of para-hydroxylation sites is 2. The summed E-state index contributed by atoms with van der Waals surface area (Å²) in [4.78, 5) is 0. The van der Waals surface area contributed by atoms with Gasteiger partial charge in [0.15, 0.2) is 0 Å². The highest BCUT2D eigenvalue weighted by atomic mass is 31.1. The Balaban J connectivity index is 1.74. The topological polar surface area (TPSA) is 12.0 Å². The van der Waals surface area contributed by atoms with Gasteiger partial charge in [0.2, 0.25) is 0 Å². The minimum absolute atomic E-state index is 0.732. The lowest BCUT2D eigenvalue weighted by molar-refractivity contribution is 1.55. The summed E-state index contributed by atoms with van der Waals surface area (Å²) in [5.41, 5.74) is 4.69. The molecule has 0 bridgehead atoms. The van der Waals surface area contributed by atoms with Crippen molar-refractivity contribution in [3.63, 3.8) is 0 Å². The van der Waals surface area contributed by atoms with E-state index in [-0.39, 0.29) is 0 Å². The highest BCUT2D eigenvalue weighted by Gasteiger charge is 2.22. The van der Waals surface area contributed by atoms with Crippen LogP contribution in [0, 0.1) is 0 Å². The van der Waals surface area contributed by atoms with Crippen LogP contribution in [0.25, 0.3) is 11.1 Å². The Bertz CT molecular complexity index is 1230. The number of hydrogen-bond acceptors (Lipinski definition) is 1. The molecule has 5 aromatic carbocycles. The highest BCUT2D eigenvalue weighted by molar-refractivity contribution is 7.80. The molecular weight excluding hydrogens is 405 g/mol. The summed E-state index contributed by atoms with van der Waals surface area (Å²) in [6.07, 6.45) is 0. The monoisotopic (exact) mass is 429 g/mol. The summed E-state index contributed by atoms with van der Waals surface area (Å²) in [6, 6.07) is 49.5.